The summed E-state index contributed by atoms with van der Waals surface area (Å²) in [6, 6.07) is 0. The van der Waals surface area contributed by atoms with Crippen molar-refractivity contribution in [3.8, 4) is 0 Å². The summed E-state index contributed by atoms with van der Waals surface area (Å²) in [4.78, 5) is 20.6. The fourth-order valence-corrected chi connectivity index (χ4v) is 1.27. The van der Waals surface area contributed by atoms with E-state index in [1.807, 2.05) is 41.5 Å². The van der Waals surface area contributed by atoms with Crippen molar-refractivity contribution in [1.29, 1.82) is 0 Å². The van der Waals surface area contributed by atoms with Crippen LogP contribution in [-0.2, 0) is 24.3 Å². The first-order valence-corrected chi connectivity index (χ1v) is 7.90. The van der Waals surface area contributed by atoms with Crippen LogP contribution in [0.1, 0.15) is 67.2 Å². The van der Waals surface area contributed by atoms with Gasteiger partial charge in [-0.1, -0.05) is 0 Å². The molecule has 0 rings (SSSR count). The molecule has 0 unspecified atom stereocenters. The maximum atomic E-state index is 5.54. The van der Waals surface area contributed by atoms with Crippen LogP contribution in [0.4, 0.5) is 0 Å². The van der Waals surface area contributed by atoms with Gasteiger partial charge in [0.05, 0.1) is 24.4 Å². The summed E-state index contributed by atoms with van der Waals surface area (Å²) < 4.78 is 5.54. The average molecular weight is 306 g/mol. The molecule has 5 nitrogen and oxygen atoms in total. The molecule has 0 radical (unpaired) electrons. The standard InChI is InChI=1S/C16H34O5/c1-15(2,3)20-18-13-9-7-11-17-12-8-10-14-19-21-16(4,5)6/h7-14H2,1-6H3. The van der Waals surface area contributed by atoms with Crippen LogP contribution in [0.25, 0.3) is 0 Å². The van der Waals surface area contributed by atoms with Crippen molar-refractivity contribution < 1.29 is 24.3 Å². The van der Waals surface area contributed by atoms with Gasteiger partial charge in [-0.25, -0.2) is 19.6 Å². The van der Waals surface area contributed by atoms with Gasteiger partial charge in [-0.15, -0.1) is 0 Å². The molecule has 0 heterocycles. The first-order valence-electron chi connectivity index (χ1n) is 7.90. The van der Waals surface area contributed by atoms with E-state index in [1.165, 1.54) is 0 Å². The quantitative estimate of drug-likeness (QED) is 0.309. The highest BCUT2D eigenvalue weighted by molar-refractivity contribution is 4.55. The molecule has 0 aliphatic heterocycles. The van der Waals surface area contributed by atoms with Crippen molar-refractivity contribution in [1.82, 2.24) is 0 Å². The van der Waals surface area contributed by atoms with E-state index >= 15 is 0 Å². The van der Waals surface area contributed by atoms with E-state index in [0.29, 0.717) is 13.2 Å². The monoisotopic (exact) mass is 306 g/mol. The molecule has 0 saturated heterocycles. The summed E-state index contributed by atoms with van der Waals surface area (Å²) in [5, 5.41) is 0. The Hall–Kier alpha value is -0.200. The lowest BCUT2D eigenvalue weighted by molar-refractivity contribution is -0.348. The molecule has 0 aliphatic carbocycles. The molecule has 0 N–H and O–H groups in total. The van der Waals surface area contributed by atoms with Gasteiger partial charge < -0.3 is 4.74 Å². The first-order chi connectivity index (χ1) is 9.71. The van der Waals surface area contributed by atoms with Gasteiger partial charge in [-0.2, -0.15) is 0 Å². The van der Waals surface area contributed by atoms with Crippen molar-refractivity contribution in [3.63, 3.8) is 0 Å². The molecule has 0 aromatic rings. The number of hydrogen-bond acceptors (Lipinski definition) is 5. The van der Waals surface area contributed by atoms with Crippen molar-refractivity contribution >= 4 is 0 Å². The minimum absolute atomic E-state index is 0.241. The van der Waals surface area contributed by atoms with Crippen molar-refractivity contribution in [2.45, 2.75) is 78.4 Å². The van der Waals surface area contributed by atoms with Crippen LogP contribution < -0.4 is 0 Å². The molecule has 0 bridgehead atoms. The lowest BCUT2D eigenvalue weighted by atomic mass is 10.2. The van der Waals surface area contributed by atoms with Crippen molar-refractivity contribution in [2.24, 2.45) is 0 Å². The number of unbranched alkanes of at least 4 members (excludes halogenated alkanes) is 2. The Kier molecular flexibility index (Phi) is 11.3. The summed E-state index contributed by atoms with van der Waals surface area (Å²) in [7, 11) is 0. The zero-order chi connectivity index (χ0) is 16.2. The summed E-state index contributed by atoms with van der Waals surface area (Å²) in [6.45, 7) is 14.5. The summed E-state index contributed by atoms with van der Waals surface area (Å²) in [5.74, 6) is 0. The Labute approximate surface area is 130 Å². The van der Waals surface area contributed by atoms with E-state index in [4.69, 9.17) is 24.3 Å². The van der Waals surface area contributed by atoms with Gasteiger partial charge in [-0.05, 0) is 67.2 Å². The van der Waals surface area contributed by atoms with Crippen LogP contribution in [-0.4, -0.2) is 37.6 Å². The van der Waals surface area contributed by atoms with Crippen molar-refractivity contribution in [3.05, 3.63) is 0 Å². The molecule has 128 valence electrons. The normalized spacial score (nSPS) is 12.9. The third-order valence-corrected chi connectivity index (χ3v) is 2.15. The molecule has 0 aromatic carbocycles. The second kappa shape index (κ2) is 11.4. The summed E-state index contributed by atoms with van der Waals surface area (Å²) in [5.41, 5.74) is -0.482. The summed E-state index contributed by atoms with van der Waals surface area (Å²) in [6.07, 6.45) is 3.85. The van der Waals surface area contributed by atoms with Gasteiger partial charge >= 0.3 is 0 Å². The molecule has 21 heavy (non-hydrogen) atoms. The predicted molar refractivity (Wildman–Crippen MR) is 82.9 cm³/mol. The molecule has 0 amide bonds. The molecule has 0 spiro atoms. The molecule has 0 saturated carbocycles. The maximum absolute atomic E-state index is 5.54. The largest absolute Gasteiger partial charge is 0.381 e. The highest BCUT2D eigenvalue weighted by atomic mass is 17.2. The number of rotatable bonds is 12. The van der Waals surface area contributed by atoms with Crippen LogP contribution in [0.15, 0.2) is 0 Å². The second-order valence-electron chi connectivity index (χ2n) is 7.06. The lowest BCUT2D eigenvalue weighted by Crippen LogP contribution is -2.19. The molecule has 5 heteroatoms. The molecular weight excluding hydrogens is 272 g/mol. The SMILES string of the molecule is CC(C)(C)OOCCCCOCCCCOOC(C)(C)C. The molecule has 0 aliphatic rings. The van der Waals surface area contributed by atoms with Gasteiger partial charge in [0.25, 0.3) is 0 Å². The first kappa shape index (κ1) is 20.8. The second-order valence-corrected chi connectivity index (χ2v) is 7.06. The highest BCUT2D eigenvalue weighted by Crippen LogP contribution is 2.08. The lowest BCUT2D eigenvalue weighted by Gasteiger charge is -2.17. The Morgan fingerprint density at radius 2 is 0.857 bits per heavy atom. The average Bonchev–Trinajstić information content (AvgIpc) is 2.32. The fraction of sp³-hybridized carbons (Fsp3) is 1.00. The molecule has 0 aromatic heterocycles. The van der Waals surface area contributed by atoms with Gasteiger partial charge in [0.1, 0.15) is 0 Å². The predicted octanol–water partition coefficient (Wildman–Crippen LogP) is 4.06. The van der Waals surface area contributed by atoms with Gasteiger partial charge in [-0.3, -0.25) is 0 Å². The van der Waals surface area contributed by atoms with Gasteiger partial charge in [0.15, 0.2) is 0 Å². The number of hydrogen-bond donors (Lipinski definition) is 0. The minimum Gasteiger partial charge on any atom is -0.381 e. The molecule has 0 fully saturated rings. The molecular formula is C16H34O5. The van der Waals surface area contributed by atoms with Gasteiger partial charge in [0.2, 0.25) is 0 Å². The zero-order valence-corrected chi connectivity index (χ0v) is 14.7. The Bertz CT molecular complexity index is 206. The van der Waals surface area contributed by atoms with E-state index in [9.17, 15) is 0 Å². The Morgan fingerprint density at radius 3 is 1.19 bits per heavy atom. The van der Waals surface area contributed by atoms with E-state index in [0.717, 1.165) is 38.9 Å². The van der Waals surface area contributed by atoms with Crippen LogP contribution in [0.5, 0.6) is 0 Å². The van der Waals surface area contributed by atoms with E-state index < -0.39 is 0 Å². The topological polar surface area (TPSA) is 46.2 Å². The zero-order valence-electron chi connectivity index (χ0n) is 14.7. The van der Waals surface area contributed by atoms with Crippen molar-refractivity contribution in [2.75, 3.05) is 26.4 Å². The third-order valence-electron chi connectivity index (χ3n) is 2.15. The number of ether oxygens (including phenoxy) is 1. The minimum atomic E-state index is -0.241. The van der Waals surface area contributed by atoms with Gasteiger partial charge in [0, 0.05) is 13.2 Å². The smallest absolute Gasteiger partial charge is 0.0952 e. The maximum Gasteiger partial charge on any atom is 0.0952 e. The summed E-state index contributed by atoms with van der Waals surface area (Å²) >= 11 is 0. The van der Waals surface area contributed by atoms with Crippen LogP contribution in [0.2, 0.25) is 0 Å². The van der Waals surface area contributed by atoms with E-state index in [2.05, 4.69) is 0 Å². The highest BCUT2D eigenvalue weighted by Gasteiger charge is 2.11. The third kappa shape index (κ3) is 19.8. The van der Waals surface area contributed by atoms with E-state index in [-0.39, 0.29) is 11.2 Å². The molecule has 0 atom stereocenters. The van der Waals surface area contributed by atoms with Crippen LogP contribution in [0, 0.1) is 0 Å². The fourth-order valence-electron chi connectivity index (χ4n) is 1.27. The Balaban J connectivity index is 3.10. The Morgan fingerprint density at radius 1 is 0.524 bits per heavy atom. The van der Waals surface area contributed by atoms with Crippen LogP contribution >= 0.6 is 0 Å². The van der Waals surface area contributed by atoms with E-state index in [1.54, 1.807) is 0 Å². The van der Waals surface area contributed by atoms with Crippen LogP contribution in [0.3, 0.4) is 0 Å².